The molecule has 0 heterocycles. The maximum Gasteiger partial charge on any atom is 0.305 e. The van der Waals surface area contributed by atoms with Gasteiger partial charge >= 0.3 is 11.9 Å². The van der Waals surface area contributed by atoms with Gasteiger partial charge in [0.2, 0.25) is 0 Å². The summed E-state index contributed by atoms with van der Waals surface area (Å²) in [5.41, 5.74) is 0. The van der Waals surface area contributed by atoms with E-state index in [1.54, 1.807) is 0 Å². The predicted octanol–water partition coefficient (Wildman–Crippen LogP) is 10.7. The van der Waals surface area contributed by atoms with E-state index >= 15 is 0 Å². The average molecular weight is 640 g/mol. The first-order chi connectivity index (χ1) is 22.0. The van der Waals surface area contributed by atoms with E-state index in [1.165, 1.54) is 141 Å². The van der Waals surface area contributed by atoms with Crippen LogP contribution in [-0.4, -0.2) is 60.9 Å². The van der Waals surface area contributed by atoms with E-state index in [0.29, 0.717) is 39.1 Å². The van der Waals surface area contributed by atoms with Gasteiger partial charge in [-0.25, -0.2) is 0 Å². The van der Waals surface area contributed by atoms with Crippen molar-refractivity contribution in [3.05, 3.63) is 0 Å². The average Bonchev–Trinajstić information content (AvgIpc) is 3.04. The van der Waals surface area contributed by atoms with Gasteiger partial charge in [0, 0.05) is 32.0 Å². The lowest BCUT2D eigenvalue weighted by Gasteiger charge is -2.27. The van der Waals surface area contributed by atoms with Crippen LogP contribution in [0.3, 0.4) is 0 Å². The lowest BCUT2D eigenvalue weighted by Crippen LogP contribution is -2.40. The predicted molar refractivity (Wildman–Crippen MR) is 191 cm³/mol. The minimum atomic E-state index is -0.140. The molecule has 0 aliphatic rings. The van der Waals surface area contributed by atoms with Crippen LogP contribution in [0, 0.1) is 0 Å². The zero-order valence-corrected chi connectivity index (χ0v) is 30.4. The van der Waals surface area contributed by atoms with Crippen molar-refractivity contribution in [3.8, 4) is 0 Å². The van der Waals surface area contributed by atoms with Crippen LogP contribution in [0.1, 0.15) is 201 Å². The van der Waals surface area contributed by atoms with Crippen LogP contribution in [-0.2, 0) is 19.1 Å². The number of ether oxygens (including phenoxy) is 2. The molecule has 0 aromatic rings. The first-order valence-electron chi connectivity index (χ1n) is 19.7. The largest absolute Gasteiger partial charge is 0.464 e. The van der Waals surface area contributed by atoms with Crippen LogP contribution in [0.5, 0.6) is 0 Å². The monoisotopic (exact) mass is 640 g/mol. The molecule has 0 saturated carbocycles. The van der Waals surface area contributed by atoms with Gasteiger partial charge < -0.3 is 14.6 Å². The second-order valence-corrected chi connectivity index (χ2v) is 13.5. The van der Waals surface area contributed by atoms with Crippen LogP contribution >= 0.6 is 0 Å². The Balaban J connectivity index is 3.71. The molecule has 6 nitrogen and oxygen atoms in total. The number of carbonyl (C=O) groups is 2. The summed E-state index contributed by atoms with van der Waals surface area (Å²) in [5.74, 6) is -0.280. The number of hydrogen-bond donors (Lipinski definition) is 1. The first kappa shape index (κ1) is 43.9. The molecule has 0 bridgehead atoms. The fourth-order valence-electron chi connectivity index (χ4n) is 5.94. The number of unbranched alkanes of at least 4 members (excludes halogenated alkanes) is 24. The first-order valence-corrected chi connectivity index (χ1v) is 19.7. The Morgan fingerprint density at radius 2 is 0.756 bits per heavy atom. The van der Waals surface area contributed by atoms with Gasteiger partial charge in [0.1, 0.15) is 13.2 Å². The molecule has 0 spiro atoms. The van der Waals surface area contributed by atoms with Gasteiger partial charge in [-0.1, -0.05) is 168 Å². The van der Waals surface area contributed by atoms with E-state index < -0.39 is 0 Å². The summed E-state index contributed by atoms with van der Waals surface area (Å²) in [5, 5.41) is 9.64. The molecular weight excluding hydrogens is 562 g/mol. The minimum Gasteiger partial charge on any atom is -0.464 e. The van der Waals surface area contributed by atoms with E-state index in [0.717, 1.165) is 25.7 Å². The highest BCUT2D eigenvalue weighted by molar-refractivity contribution is 5.69. The van der Waals surface area contributed by atoms with Crippen molar-refractivity contribution in [2.24, 2.45) is 0 Å². The van der Waals surface area contributed by atoms with Crippen molar-refractivity contribution < 1.29 is 24.2 Å². The normalized spacial score (nSPS) is 12.1. The van der Waals surface area contributed by atoms with Gasteiger partial charge in [-0.05, 0) is 19.8 Å². The van der Waals surface area contributed by atoms with Gasteiger partial charge in [-0.3, -0.25) is 14.5 Å². The number of carbonyl (C=O) groups excluding carboxylic acids is 2. The maximum absolute atomic E-state index is 12.2. The zero-order valence-electron chi connectivity index (χ0n) is 30.4. The Hall–Kier alpha value is -1.14. The van der Waals surface area contributed by atoms with Gasteiger partial charge in [-0.15, -0.1) is 0 Å². The molecule has 0 aliphatic carbocycles. The number of aliphatic hydroxyl groups is 1. The van der Waals surface area contributed by atoms with Crippen molar-refractivity contribution >= 4 is 11.9 Å². The lowest BCUT2D eigenvalue weighted by molar-refractivity contribution is -0.144. The standard InChI is InChI=1S/C39H77NO5/c1-4-6-8-10-12-14-16-18-20-22-24-26-28-30-38(42)44-34-32-40(37(3)36-41)33-35-45-39(43)31-29-27-25-23-21-19-17-15-13-11-9-7-5-2/h37,41H,4-36H2,1-3H3. The third-order valence-corrected chi connectivity index (χ3v) is 9.14. The molecule has 0 radical (unpaired) electrons. The van der Waals surface area contributed by atoms with Gasteiger partial charge in [0.15, 0.2) is 0 Å². The number of aliphatic hydroxyl groups excluding tert-OH is 1. The highest BCUT2D eigenvalue weighted by Gasteiger charge is 2.15. The summed E-state index contributed by atoms with van der Waals surface area (Å²) in [6.07, 6.45) is 34.4. The molecule has 1 atom stereocenters. The maximum atomic E-state index is 12.2. The molecule has 1 N–H and O–H groups in total. The Labute approximate surface area is 280 Å². The molecule has 6 heteroatoms. The van der Waals surface area contributed by atoms with Gasteiger partial charge in [0.25, 0.3) is 0 Å². The fraction of sp³-hybridized carbons (Fsp3) is 0.949. The van der Waals surface area contributed by atoms with E-state index in [-0.39, 0.29) is 24.6 Å². The third kappa shape index (κ3) is 32.6. The highest BCUT2D eigenvalue weighted by atomic mass is 16.5. The van der Waals surface area contributed by atoms with Gasteiger partial charge in [0.05, 0.1) is 6.61 Å². The summed E-state index contributed by atoms with van der Waals surface area (Å²) >= 11 is 0. The fourth-order valence-corrected chi connectivity index (χ4v) is 5.94. The van der Waals surface area contributed by atoms with Crippen molar-refractivity contribution in [2.75, 3.05) is 32.9 Å². The second kappa shape index (κ2) is 35.7. The van der Waals surface area contributed by atoms with Crippen LogP contribution < -0.4 is 0 Å². The second-order valence-electron chi connectivity index (χ2n) is 13.5. The molecular formula is C39H77NO5. The summed E-state index contributed by atoms with van der Waals surface area (Å²) in [6, 6.07) is -0.0791. The van der Waals surface area contributed by atoms with Crippen LogP contribution in [0.15, 0.2) is 0 Å². The number of esters is 2. The van der Waals surface area contributed by atoms with Crippen molar-refractivity contribution in [1.82, 2.24) is 4.90 Å². The van der Waals surface area contributed by atoms with E-state index in [4.69, 9.17) is 9.47 Å². The zero-order chi connectivity index (χ0) is 33.1. The van der Waals surface area contributed by atoms with E-state index in [2.05, 4.69) is 13.8 Å². The smallest absolute Gasteiger partial charge is 0.305 e. The highest BCUT2D eigenvalue weighted by Crippen LogP contribution is 2.14. The van der Waals surface area contributed by atoms with Crippen LogP contribution in [0.2, 0.25) is 0 Å². The Morgan fingerprint density at radius 1 is 0.489 bits per heavy atom. The lowest BCUT2D eigenvalue weighted by atomic mass is 10.0. The number of nitrogens with zero attached hydrogens (tertiary/aromatic N) is 1. The van der Waals surface area contributed by atoms with Crippen molar-refractivity contribution in [2.45, 2.75) is 207 Å². The molecule has 1 unspecified atom stereocenters. The molecule has 0 aliphatic heterocycles. The Morgan fingerprint density at radius 3 is 1.02 bits per heavy atom. The molecule has 0 rings (SSSR count). The van der Waals surface area contributed by atoms with E-state index in [9.17, 15) is 14.7 Å². The quantitative estimate of drug-likeness (QED) is 0.0543. The van der Waals surface area contributed by atoms with Gasteiger partial charge in [-0.2, -0.15) is 0 Å². The topological polar surface area (TPSA) is 76.1 Å². The molecule has 268 valence electrons. The third-order valence-electron chi connectivity index (χ3n) is 9.14. The molecule has 45 heavy (non-hydrogen) atoms. The van der Waals surface area contributed by atoms with Crippen molar-refractivity contribution in [3.63, 3.8) is 0 Å². The summed E-state index contributed by atoms with van der Waals surface area (Å²) < 4.78 is 10.9. The summed E-state index contributed by atoms with van der Waals surface area (Å²) in [6.45, 7) is 8.14. The molecule has 0 amide bonds. The summed E-state index contributed by atoms with van der Waals surface area (Å²) in [7, 11) is 0. The number of rotatable bonds is 36. The number of hydrogen-bond acceptors (Lipinski definition) is 6. The molecule has 0 aromatic carbocycles. The van der Waals surface area contributed by atoms with Crippen molar-refractivity contribution in [1.29, 1.82) is 0 Å². The molecule has 0 aromatic heterocycles. The molecule has 0 fully saturated rings. The Bertz CT molecular complexity index is 581. The van der Waals surface area contributed by atoms with Crippen LogP contribution in [0.4, 0.5) is 0 Å². The van der Waals surface area contributed by atoms with Crippen LogP contribution in [0.25, 0.3) is 0 Å². The summed E-state index contributed by atoms with van der Waals surface area (Å²) in [4.78, 5) is 26.4. The Kier molecular flexibility index (Phi) is 34.8. The molecule has 0 saturated heterocycles. The SMILES string of the molecule is CCCCCCCCCCCCCCCC(=O)OCCN(CCOC(=O)CCCCCCCCCCCCCCC)C(C)CO. The van der Waals surface area contributed by atoms with E-state index in [1.807, 2.05) is 11.8 Å². The minimum absolute atomic E-state index is 0.0137.